The van der Waals surface area contributed by atoms with Gasteiger partial charge >= 0.3 is 0 Å². The first-order valence-corrected chi connectivity index (χ1v) is 6.40. The highest BCUT2D eigenvalue weighted by molar-refractivity contribution is 5.08. The fourth-order valence-corrected chi connectivity index (χ4v) is 4.27. The highest BCUT2D eigenvalue weighted by atomic mass is 16.5. The molecule has 1 aliphatic heterocycles. The molecule has 2 aliphatic carbocycles. The minimum atomic E-state index is -0.117. The van der Waals surface area contributed by atoms with Crippen molar-refractivity contribution in [2.45, 2.75) is 69.7 Å². The van der Waals surface area contributed by atoms with Crippen LogP contribution in [0.2, 0.25) is 0 Å². The fraction of sp³-hybridized carbons (Fsp3) is 1.00. The van der Waals surface area contributed by atoms with Gasteiger partial charge in [0.25, 0.3) is 0 Å². The fourth-order valence-electron chi connectivity index (χ4n) is 4.27. The molecule has 86 valence electrons. The molecule has 2 heteroatoms. The molecule has 4 unspecified atom stereocenters. The van der Waals surface area contributed by atoms with Crippen LogP contribution in [0, 0.1) is 11.8 Å². The van der Waals surface area contributed by atoms with Crippen LogP contribution in [-0.2, 0) is 4.74 Å². The van der Waals surface area contributed by atoms with E-state index < -0.39 is 0 Å². The summed E-state index contributed by atoms with van der Waals surface area (Å²) in [4.78, 5) is 0. The number of hydrogen-bond donors (Lipinski definition) is 1. The summed E-state index contributed by atoms with van der Waals surface area (Å²) in [5.41, 5.74) is 0.0931. The summed E-state index contributed by atoms with van der Waals surface area (Å²) in [5.74, 6) is 1.44. The molecule has 15 heavy (non-hydrogen) atoms. The number of aliphatic hydroxyl groups is 1. The average Bonchev–Trinajstić information content (AvgIpc) is 2.32. The third-order valence-corrected chi connectivity index (χ3v) is 5.08. The van der Waals surface area contributed by atoms with E-state index in [2.05, 4.69) is 13.8 Å². The summed E-state index contributed by atoms with van der Waals surface area (Å²) >= 11 is 0. The first kappa shape index (κ1) is 10.1. The quantitative estimate of drug-likeness (QED) is 0.665. The Labute approximate surface area is 92.0 Å². The second-order valence-corrected chi connectivity index (χ2v) is 6.38. The number of hydrogen-bond acceptors (Lipinski definition) is 2. The standard InChI is InChI=1S/C13H22O2/c1-12(2)10-4-3-9-5-6-11(14)8-13(9,7-10)15-12/h9-11,14H,3-8H2,1-2H3. The van der Waals surface area contributed by atoms with Crippen molar-refractivity contribution in [1.82, 2.24) is 0 Å². The Morgan fingerprint density at radius 1 is 1.00 bits per heavy atom. The number of aliphatic hydroxyl groups excluding tert-OH is 1. The Morgan fingerprint density at radius 2 is 1.67 bits per heavy atom. The van der Waals surface area contributed by atoms with Crippen molar-refractivity contribution in [2.75, 3.05) is 0 Å². The van der Waals surface area contributed by atoms with E-state index in [4.69, 9.17) is 4.74 Å². The molecular formula is C13H22O2. The summed E-state index contributed by atoms with van der Waals surface area (Å²) in [6.07, 6.45) is 6.77. The molecule has 0 radical (unpaired) electrons. The van der Waals surface area contributed by atoms with E-state index in [1.54, 1.807) is 0 Å². The molecule has 3 aliphatic rings. The van der Waals surface area contributed by atoms with E-state index in [1.165, 1.54) is 25.7 Å². The van der Waals surface area contributed by atoms with Gasteiger partial charge in [0.15, 0.2) is 0 Å². The maximum atomic E-state index is 9.85. The smallest absolute Gasteiger partial charge is 0.0746 e. The molecule has 1 N–H and O–H groups in total. The van der Waals surface area contributed by atoms with Crippen LogP contribution in [0.4, 0.5) is 0 Å². The predicted octanol–water partition coefficient (Wildman–Crippen LogP) is 2.50. The van der Waals surface area contributed by atoms with Gasteiger partial charge in [-0.2, -0.15) is 0 Å². The van der Waals surface area contributed by atoms with Crippen molar-refractivity contribution in [2.24, 2.45) is 11.8 Å². The first-order valence-electron chi connectivity index (χ1n) is 6.40. The third-order valence-electron chi connectivity index (χ3n) is 5.08. The summed E-state index contributed by atoms with van der Waals surface area (Å²) in [6, 6.07) is 0. The van der Waals surface area contributed by atoms with Crippen LogP contribution in [-0.4, -0.2) is 22.4 Å². The molecule has 0 amide bonds. The van der Waals surface area contributed by atoms with E-state index >= 15 is 0 Å². The van der Waals surface area contributed by atoms with Gasteiger partial charge < -0.3 is 9.84 Å². The van der Waals surface area contributed by atoms with Crippen molar-refractivity contribution >= 4 is 0 Å². The summed E-state index contributed by atoms with van der Waals surface area (Å²) in [7, 11) is 0. The lowest BCUT2D eigenvalue weighted by Crippen LogP contribution is -2.46. The first-order chi connectivity index (χ1) is 7.02. The van der Waals surface area contributed by atoms with Crippen molar-refractivity contribution in [3.05, 3.63) is 0 Å². The Bertz CT molecular complexity index is 274. The van der Waals surface area contributed by atoms with Gasteiger partial charge in [-0.15, -0.1) is 0 Å². The summed E-state index contributed by atoms with van der Waals surface area (Å²) in [5, 5.41) is 9.85. The SMILES string of the molecule is CC1(C)OC23CC(O)CCC2CCC1C3. The molecule has 0 aromatic carbocycles. The topological polar surface area (TPSA) is 29.5 Å². The zero-order valence-electron chi connectivity index (χ0n) is 9.83. The van der Waals surface area contributed by atoms with Crippen LogP contribution in [0.15, 0.2) is 0 Å². The molecular weight excluding hydrogens is 188 g/mol. The minimum absolute atomic E-state index is 0.0457. The lowest BCUT2D eigenvalue weighted by molar-refractivity contribution is -0.149. The second kappa shape index (κ2) is 2.98. The minimum Gasteiger partial charge on any atom is -0.393 e. The molecule has 2 nitrogen and oxygen atoms in total. The van der Waals surface area contributed by atoms with Gasteiger partial charge in [0.1, 0.15) is 0 Å². The van der Waals surface area contributed by atoms with E-state index in [0.29, 0.717) is 0 Å². The molecule has 2 bridgehead atoms. The average molecular weight is 210 g/mol. The molecule has 3 fully saturated rings. The summed E-state index contributed by atoms with van der Waals surface area (Å²) < 4.78 is 6.37. The number of rotatable bonds is 0. The van der Waals surface area contributed by atoms with E-state index in [-0.39, 0.29) is 17.3 Å². The molecule has 1 spiro atoms. The van der Waals surface area contributed by atoms with Crippen molar-refractivity contribution in [1.29, 1.82) is 0 Å². The van der Waals surface area contributed by atoms with Gasteiger partial charge in [0.2, 0.25) is 0 Å². The van der Waals surface area contributed by atoms with Crippen molar-refractivity contribution in [3.63, 3.8) is 0 Å². The Kier molecular flexibility index (Phi) is 2.01. The molecule has 0 aromatic rings. The van der Waals surface area contributed by atoms with Gasteiger partial charge in [-0.3, -0.25) is 0 Å². The zero-order chi connectivity index (χ0) is 10.7. The van der Waals surface area contributed by atoms with Gasteiger partial charge in [-0.1, -0.05) is 0 Å². The van der Waals surface area contributed by atoms with Crippen LogP contribution in [0.5, 0.6) is 0 Å². The van der Waals surface area contributed by atoms with Crippen molar-refractivity contribution in [3.8, 4) is 0 Å². The zero-order valence-corrected chi connectivity index (χ0v) is 9.83. The summed E-state index contributed by atoms with van der Waals surface area (Å²) in [6.45, 7) is 4.46. The highest BCUT2D eigenvalue weighted by Gasteiger charge is 2.58. The predicted molar refractivity (Wildman–Crippen MR) is 58.6 cm³/mol. The second-order valence-electron chi connectivity index (χ2n) is 6.38. The van der Waals surface area contributed by atoms with Crippen LogP contribution in [0.3, 0.4) is 0 Å². The third kappa shape index (κ3) is 1.38. The van der Waals surface area contributed by atoms with Crippen LogP contribution < -0.4 is 0 Å². The number of ether oxygens (including phenoxy) is 1. The van der Waals surface area contributed by atoms with E-state index in [0.717, 1.165) is 24.7 Å². The molecule has 0 aromatic heterocycles. The maximum absolute atomic E-state index is 9.85. The molecule has 1 heterocycles. The van der Waals surface area contributed by atoms with Crippen molar-refractivity contribution < 1.29 is 9.84 Å². The lowest BCUT2D eigenvalue weighted by Gasteiger charge is -2.45. The van der Waals surface area contributed by atoms with Gasteiger partial charge in [0.05, 0.1) is 17.3 Å². The highest BCUT2D eigenvalue weighted by Crippen LogP contribution is 2.58. The van der Waals surface area contributed by atoms with Crippen LogP contribution in [0.1, 0.15) is 52.4 Å². The Hall–Kier alpha value is -0.0800. The van der Waals surface area contributed by atoms with Crippen LogP contribution >= 0.6 is 0 Å². The van der Waals surface area contributed by atoms with Gasteiger partial charge in [-0.05, 0) is 57.8 Å². The monoisotopic (exact) mass is 210 g/mol. The molecule has 2 saturated carbocycles. The molecule has 3 rings (SSSR count). The van der Waals surface area contributed by atoms with E-state index in [1.807, 2.05) is 0 Å². The maximum Gasteiger partial charge on any atom is 0.0746 e. The Morgan fingerprint density at radius 3 is 2.47 bits per heavy atom. The molecule has 4 atom stereocenters. The largest absolute Gasteiger partial charge is 0.393 e. The van der Waals surface area contributed by atoms with Gasteiger partial charge in [-0.25, -0.2) is 0 Å². The molecule has 1 saturated heterocycles. The lowest BCUT2D eigenvalue weighted by atomic mass is 9.64. The normalized spacial score (nSPS) is 52.6. The van der Waals surface area contributed by atoms with E-state index in [9.17, 15) is 5.11 Å². The Balaban J connectivity index is 1.91. The van der Waals surface area contributed by atoms with Gasteiger partial charge in [0, 0.05) is 6.42 Å². The van der Waals surface area contributed by atoms with Crippen LogP contribution in [0.25, 0.3) is 0 Å². The number of fused-ring (bicyclic) bond motifs is 1.